The van der Waals surface area contributed by atoms with Gasteiger partial charge >= 0.3 is 0 Å². The lowest BCUT2D eigenvalue weighted by atomic mass is 9.98. The van der Waals surface area contributed by atoms with Gasteiger partial charge in [-0.2, -0.15) is 0 Å². The molecule has 0 bridgehead atoms. The van der Waals surface area contributed by atoms with Gasteiger partial charge in [0.25, 0.3) is 5.91 Å². The van der Waals surface area contributed by atoms with Crippen LogP contribution in [0.3, 0.4) is 0 Å². The molecule has 0 spiro atoms. The van der Waals surface area contributed by atoms with Crippen LogP contribution < -0.4 is 5.32 Å². The lowest BCUT2D eigenvalue weighted by Gasteiger charge is -2.18. The van der Waals surface area contributed by atoms with Crippen molar-refractivity contribution < 1.29 is 14.1 Å². The van der Waals surface area contributed by atoms with Crippen LogP contribution >= 0.6 is 0 Å². The van der Waals surface area contributed by atoms with Gasteiger partial charge in [-0.15, -0.1) is 0 Å². The minimum atomic E-state index is -0.108. The maximum absolute atomic E-state index is 12.6. The van der Waals surface area contributed by atoms with Gasteiger partial charge in [-0.05, 0) is 32.0 Å². The number of aryl methyl sites for hydroxylation is 2. The number of aromatic nitrogens is 3. The molecule has 3 aromatic rings. The summed E-state index contributed by atoms with van der Waals surface area (Å²) in [5.41, 5.74) is 3.19. The van der Waals surface area contributed by atoms with Gasteiger partial charge in [0.15, 0.2) is 0 Å². The molecule has 3 heterocycles. The van der Waals surface area contributed by atoms with Gasteiger partial charge in [-0.3, -0.25) is 4.79 Å². The first kappa shape index (κ1) is 15.8. The third-order valence-corrected chi connectivity index (χ3v) is 4.52. The molecule has 1 saturated heterocycles. The Labute approximate surface area is 144 Å². The highest BCUT2D eigenvalue weighted by Gasteiger charge is 2.31. The largest absolute Gasteiger partial charge is 0.379 e. The zero-order valence-electron chi connectivity index (χ0n) is 14.2. The highest BCUT2D eigenvalue weighted by molar-refractivity contribution is 5.97. The van der Waals surface area contributed by atoms with E-state index in [0.29, 0.717) is 25.2 Å². The number of aromatic amines is 1. The molecule has 1 aliphatic heterocycles. The summed E-state index contributed by atoms with van der Waals surface area (Å²) in [5, 5.41) is 6.99. The molecule has 0 aliphatic carbocycles. The molecule has 25 heavy (non-hydrogen) atoms. The Balaban J connectivity index is 1.46. The number of ether oxygens (including phenoxy) is 1. The Bertz CT molecular complexity index is 914. The van der Waals surface area contributed by atoms with Crippen molar-refractivity contribution in [2.75, 3.05) is 13.2 Å². The van der Waals surface area contributed by atoms with E-state index in [1.54, 1.807) is 6.07 Å². The van der Waals surface area contributed by atoms with Gasteiger partial charge in [-0.25, -0.2) is 4.98 Å². The van der Waals surface area contributed by atoms with Gasteiger partial charge in [0.05, 0.1) is 36.0 Å². The highest BCUT2D eigenvalue weighted by atomic mass is 16.5. The first-order valence-electron chi connectivity index (χ1n) is 8.35. The smallest absolute Gasteiger partial charge is 0.251 e. The van der Waals surface area contributed by atoms with E-state index in [1.807, 2.05) is 32.0 Å². The minimum Gasteiger partial charge on any atom is -0.379 e. The van der Waals surface area contributed by atoms with Crippen LogP contribution in [-0.4, -0.2) is 40.3 Å². The van der Waals surface area contributed by atoms with Gasteiger partial charge in [-0.1, -0.05) is 5.16 Å². The van der Waals surface area contributed by atoms with Crippen molar-refractivity contribution in [3.8, 4) is 0 Å². The first-order chi connectivity index (χ1) is 12.1. The summed E-state index contributed by atoms with van der Waals surface area (Å²) in [6, 6.07) is 7.36. The average molecular weight is 340 g/mol. The molecular formula is C18H20N4O3. The van der Waals surface area contributed by atoms with Crippen molar-refractivity contribution in [2.45, 2.75) is 26.3 Å². The minimum absolute atomic E-state index is 0.0443. The molecule has 4 rings (SSSR count). The monoisotopic (exact) mass is 340 g/mol. The molecule has 1 amide bonds. The number of benzene rings is 1. The van der Waals surface area contributed by atoms with Gasteiger partial charge in [0.1, 0.15) is 11.6 Å². The maximum atomic E-state index is 12.6. The standard InChI is InChI=1S/C18H20N4O3/c1-10-5-14(25-22-10)6-13-8-24-9-17(13)21-18(23)12-3-4-15-16(7-12)20-11(2)19-15/h3-5,7,13,17H,6,8-9H2,1-2H3,(H,19,20)(H,21,23). The van der Waals surface area contributed by atoms with Gasteiger partial charge in [0.2, 0.25) is 0 Å². The molecule has 130 valence electrons. The summed E-state index contributed by atoms with van der Waals surface area (Å²) < 4.78 is 10.9. The Morgan fingerprint density at radius 3 is 3.00 bits per heavy atom. The summed E-state index contributed by atoms with van der Waals surface area (Å²) >= 11 is 0. The normalized spacial score (nSPS) is 20.2. The van der Waals surface area contributed by atoms with Crippen molar-refractivity contribution in [1.82, 2.24) is 20.4 Å². The summed E-state index contributed by atoms with van der Waals surface area (Å²) in [7, 11) is 0. The predicted molar refractivity (Wildman–Crippen MR) is 91.3 cm³/mol. The number of carbonyl (C=O) groups is 1. The molecule has 7 nitrogen and oxygen atoms in total. The number of hydrogen-bond acceptors (Lipinski definition) is 5. The second kappa shape index (κ2) is 6.33. The van der Waals surface area contributed by atoms with E-state index >= 15 is 0 Å². The number of fused-ring (bicyclic) bond motifs is 1. The lowest BCUT2D eigenvalue weighted by molar-refractivity contribution is 0.0924. The number of imidazole rings is 1. The SMILES string of the molecule is Cc1cc(CC2COCC2NC(=O)c2ccc3nc(C)[nH]c3c2)on1. The molecule has 1 aromatic carbocycles. The molecule has 7 heteroatoms. The van der Waals surface area contributed by atoms with E-state index < -0.39 is 0 Å². The van der Waals surface area contributed by atoms with Crippen LogP contribution in [0.1, 0.15) is 27.6 Å². The molecule has 2 unspecified atom stereocenters. The van der Waals surface area contributed by atoms with Crippen LogP contribution in [0.15, 0.2) is 28.8 Å². The van der Waals surface area contributed by atoms with Crippen LogP contribution in [-0.2, 0) is 11.2 Å². The summed E-state index contributed by atoms with van der Waals surface area (Å²) in [6.45, 7) is 4.90. The topological polar surface area (TPSA) is 93.0 Å². The van der Waals surface area contributed by atoms with Gasteiger partial charge in [0, 0.05) is 24.0 Å². The molecule has 1 fully saturated rings. The molecule has 2 atom stereocenters. The Hall–Kier alpha value is -2.67. The molecule has 2 N–H and O–H groups in total. The molecule has 1 aliphatic rings. The van der Waals surface area contributed by atoms with Crippen LogP contribution in [0.25, 0.3) is 11.0 Å². The third-order valence-electron chi connectivity index (χ3n) is 4.52. The number of hydrogen-bond donors (Lipinski definition) is 2. The van der Waals surface area contributed by atoms with E-state index in [2.05, 4.69) is 20.4 Å². The van der Waals surface area contributed by atoms with Crippen molar-refractivity contribution in [3.05, 3.63) is 47.1 Å². The van der Waals surface area contributed by atoms with Crippen LogP contribution in [0.5, 0.6) is 0 Å². The fraction of sp³-hybridized carbons (Fsp3) is 0.389. The average Bonchev–Trinajstić information content (AvgIpc) is 3.27. The van der Waals surface area contributed by atoms with Crippen molar-refractivity contribution >= 4 is 16.9 Å². The number of carbonyl (C=O) groups excluding carboxylic acids is 1. The van der Waals surface area contributed by atoms with E-state index in [4.69, 9.17) is 9.26 Å². The number of H-pyrrole nitrogens is 1. The Morgan fingerprint density at radius 2 is 2.20 bits per heavy atom. The van der Waals surface area contributed by atoms with Crippen LogP contribution in [0.4, 0.5) is 0 Å². The first-order valence-corrected chi connectivity index (χ1v) is 8.35. The predicted octanol–water partition coefficient (Wildman–Crippen LogP) is 2.16. The summed E-state index contributed by atoms with van der Waals surface area (Å²) in [5.74, 6) is 1.72. The summed E-state index contributed by atoms with van der Waals surface area (Å²) in [6.07, 6.45) is 0.699. The molecule has 0 saturated carbocycles. The van der Waals surface area contributed by atoms with Crippen LogP contribution in [0, 0.1) is 19.8 Å². The zero-order valence-corrected chi connectivity index (χ0v) is 14.2. The highest BCUT2D eigenvalue weighted by Crippen LogP contribution is 2.21. The van der Waals surface area contributed by atoms with Crippen molar-refractivity contribution in [3.63, 3.8) is 0 Å². The van der Waals surface area contributed by atoms with E-state index in [1.165, 1.54) is 0 Å². The van der Waals surface area contributed by atoms with E-state index in [9.17, 15) is 4.79 Å². The Kier molecular flexibility index (Phi) is 4.01. The zero-order chi connectivity index (χ0) is 17.4. The summed E-state index contributed by atoms with van der Waals surface area (Å²) in [4.78, 5) is 20.1. The maximum Gasteiger partial charge on any atom is 0.251 e. The fourth-order valence-electron chi connectivity index (χ4n) is 3.26. The number of nitrogens with one attached hydrogen (secondary N) is 2. The molecule has 2 aromatic heterocycles. The van der Waals surface area contributed by atoms with E-state index in [0.717, 1.165) is 28.3 Å². The van der Waals surface area contributed by atoms with Crippen molar-refractivity contribution in [2.24, 2.45) is 5.92 Å². The Morgan fingerprint density at radius 1 is 1.32 bits per heavy atom. The second-order valence-electron chi connectivity index (χ2n) is 6.57. The van der Waals surface area contributed by atoms with E-state index in [-0.39, 0.29) is 17.9 Å². The quantitative estimate of drug-likeness (QED) is 0.759. The van der Waals surface area contributed by atoms with Crippen molar-refractivity contribution in [1.29, 1.82) is 0 Å². The molecular weight excluding hydrogens is 320 g/mol. The second-order valence-corrected chi connectivity index (χ2v) is 6.57. The third kappa shape index (κ3) is 3.28. The molecule has 0 radical (unpaired) electrons. The fourth-order valence-corrected chi connectivity index (χ4v) is 3.26. The number of nitrogens with zero attached hydrogens (tertiary/aromatic N) is 2. The number of rotatable bonds is 4. The van der Waals surface area contributed by atoms with Gasteiger partial charge < -0.3 is 19.6 Å². The lowest BCUT2D eigenvalue weighted by Crippen LogP contribution is -2.40. The number of amides is 1. The van der Waals surface area contributed by atoms with Crippen LogP contribution in [0.2, 0.25) is 0 Å².